The minimum atomic E-state index is 0.0149. The van der Waals surface area contributed by atoms with Gasteiger partial charge in [0, 0.05) is 45.4 Å². The van der Waals surface area contributed by atoms with Crippen LogP contribution in [0.3, 0.4) is 0 Å². The maximum atomic E-state index is 11.9. The first-order valence-corrected chi connectivity index (χ1v) is 10.8. The SMILES string of the molecule is CSCCNC(=NCC(=O)N(C)C)N1CCC(COCc2ccccc2)C1. The van der Waals surface area contributed by atoms with Crippen molar-refractivity contribution in [2.75, 3.05) is 58.9 Å². The number of thioether (sulfide) groups is 1. The van der Waals surface area contributed by atoms with Gasteiger partial charge in [0.05, 0.1) is 13.2 Å². The van der Waals surface area contributed by atoms with Crippen molar-refractivity contribution in [2.24, 2.45) is 10.9 Å². The van der Waals surface area contributed by atoms with E-state index in [-0.39, 0.29) is 12.5 Å². The molecule has 1 aromatic rings. The summed E-state index contributed by atoms with van der Waals surface area (Å²) in [6.07, 6.45) is 3.17. The molecule has 0 bridgehead atoms. The van der Waals surface area contributed by atoms with Gasteiger partial charge in [-0.05, 0) is 18.2 Å². The van der Waals surface area contributed by atoms with Crippen LogP contribution in [0.15, 0.2) is 35.3 Å². The lowest BCUT2D eigenvalue weighted by Gasteiger charge is -2.22. The van der Waals surface area contributed by atoms with Crippen LogP contribution in [0.1, 0.15) is 12.0 Å². The van der Waals surface area contributed by atoms with Crippen molar-refractivity contribution in [3.8, 4) is 0 Å². The predicted molar refractivity (Wildman–Crippen MR) is 113 cm³/mol. The fourth-order valence-corrected chi connectivity index (χ4v) is 3.20. The van der Waals surface area contributed by atoms with Crippen molar-refractivity contribution in [3.63, 3.8) is 0 Å². The Morgan fingerprint density at radius 3 is 2.85 bits per heavy atom. The van der Waals surface area contributed by atoms with E-state index in [4.69, 9.17) is 4.74 Å². The standard InChI is InChI=1S/C20H32N4O2S/c1-23(2)19(25)13-22-20(21-10-12-27-3)24-11-9-18(14-24)16-26-15-17-7-5-4-6-8-17/h4-8,18H,9-16H2,1-3H3,(H,21,22). The summed E-state index contributed by atoms with van der Waals surface area (Å²) in [4.78, 5) is 20.3. The second kappa shape index (κ2) is 11.9. The highest BCUT2D eigenvalue weighted by atomic mass is 32.2. The minimum Gasteiger partial charge on any atom is -0.376 e. The number of carbonyl (C=O) groups is 1. The van der Waals surface area contributed by atoms with E-state index in [2.05, 4.69) is 33.6 Å². The van der Waals surface area contributed by atoms with Crippen molar-refractivity contribution in [1.82, 2.24) is 15.1 Å². The Morgan fingerprint density at radius 1 is 1.37 bits per heavy atom. The van der Waals surface area contributed by atoms with Crippen LogP contribution in [0.4, 0.5) is 0 Å². The first-order chi connectivity index (χ1) is 13.1. The summed E-state index contributed by atoms with van der Waals surface area (Å²) in [6, 6.07) is 10.3. The number of nitrogens with zero attached hydrogens (tertiary/aromatic N) is 3. The summed E-state index contributed by atoms with van der Waals surface area (Å²) in [5.74, 6) is 2.36. The monoisotopic (exact) mass is 392 g/mol. The first kappa shape index (κ1) is 21.6. The molecule has 1 heterocycles. The van der Waals surface area contributed by atoms with Crippen molar-refractivity contribution in [2.45, 2.75) is 13.0 Å². The first-order valence-electron chi connectivity index (χ1n) is 9.44. The predicted octanol–water partition coefficient (Wildman–Crippen LogP) is 1.92. The Labute approximate surface area is 167 Å². The Hall–Kier alpha value is -1.73. The molecule has 1 fully saturated rings. The lowest BCUT2D eigenvalue weighted by atomic mass is 10.1. The summed E-state index contributed by atoms with van der Waals surface area (Å²) < 4.78 is 5.91. The summed E-state index contributed by atoms with van der Waals surface area (Å²) >= 11 is 1.79. The van der Waals surface area contributed by atoms with Crippen molar-refractivity contribution >= 4 is 23.6 Å². The van der Waals surface area contributed by atoms with Crippen molar-refractivity contribution in [1.29, 1.82) is 0 Å². The van der Waals surface area contributed by atoms with Gasteiger partial charge in [-0.3, -0.25) is 4.79 Å². The highest BCUT2D eigenvalue weighted by molar-refractivity contribution is 7.98. The molecule has 1 N–H and O–H groups in total. The molecule has 0 aromatic heterocycles. The molecule has 0 saturated carbocycles. The van der Waals surface area contributed by atoms with E-state index in [1.807, 2.05) is 18.2 Å². The number of rotatable bonds is 9. The molecule has 1 saturated heterocycles. The zero-order chi connectivity index (χ0) is 19.5. The number of carbonyl (C=O) groups excluding carboxylic acids is 1. The average molecular weight is 393 g/mol. The minimum absolute atomic E-state index is 0.0149. The Kier molecular flexibility index (Phi) is 9.48. The van der Waals surface area contributed by atoms with Gasteiger partial charge in [0.1, 0.15) is 6.54 Å². The molecule has 150 valence electrons. The van der Waals surface area contributed by atoms with E-state index in [1.54, 1.807) is 30.8 Å². The smallest absolute Gasteiger partial charge is 0.243 e. The molecule has 0 radical (unpaired) electrons. The molecule has 1 amide bonds. The van der Waals surface area contributed by atoms with Crippen molar-refractivity contribution in [3.05, 3.63) is 35.9 Å². The van der Waals surface area contributed by atoms with E-state index >= 15 is 0 Å². The number of ether oxygens (including phenoxy) is 1. The summed E-state index contributed by atoms with van der Waals surface area (Å²) in [5.41, 5.74) is 1.20. The number of hydrogen-bond donors (Lipinski definition) is 1. The van der Waals surface area contributed by atoms with E-state index < -0.39 is 0 Å². The molecule has 1 aliphatic heterocycles. The lowest BCUT2D eigenvalue weighted by molar-refractivity contribution is -0.127. The third kappa shape index (κ3) is 7.81. The number of nitrogens with one attached hydrogen (secondary N) is 1. The topological polar surface area (TPSA) is 57.2 Å². The van der Waals surface area contributed by atoms with Gasteiger partial charge >= 0.3 is 0 Å². The van der Waals surface area contributed by atoms with Crippen LogP contribution in [0, 0.1) is 5.92 Å². The van der Waals surface area contributed by atoms with Crippen LogP contribution < -0.4 is 5.32 Å². The average Bonchev–Trinajstić information content (AvgIpc) is 3.13. The molecule has 1 aromatic carbocycles. The summed E-state index contributed by atoms with van der Waals surface area (Å²) in [6.45, 7) is 4.29. The van der Waals surface area contributed by atoms with Crippen LogP contribution in [0.25, 0.3) is 0 Å². The van der Waals surface area contributed by atoms with E-state index in [0.29, 0.717) is 12.5 Å². The Balaban J connectivity index is 1.82. The summed E-state index contributed by atoms with van der Waals surface area (Å²) in [7, 11) is 3.52. The van der Waals surface area contributed by atoms with Gasteiger partial charge in [0.2, 0.25) is 5.91 Å². The fraction of sp³-hybridized carbons (Fsp3) is 0.600. The molecule has 7 heteroatoms. The zero-order valence-electron chi connectivity index (χ0n) is 16.7. The zero-order valence-corrected chi connectivity index (χ0v) is 17.5. The van der Waals surface area contributed by atoms with Crippen LogP contribution >= 0.6 is 11.8 Å². The van der Waals surface area contributed by atoms with Crippen LogP contribution in [-0.2, 0) is 16.1 Å². The maximum Gasteiger partial charge on any atom is 0.243 e. The third-order valence-corrected chi connectivity index (χ3v) is 5.12. The lowest BCUT2D eigenvalue weighted by Crippen LogP contribution is -2.42. The quantitative estimate of drug-likeness (QED) is 0.395. The van der Waals surface area contributed by atoms with Crippen LogP contribution in [-0.4, -0.2) is 80.6 Å². The number of aliphatic imine (C=N–C) groups is 1. The van der Waals surface area contributed by atoms with Crippen LogP contribution in [0.5, 0.6) is 0 Å². The molecule has 0 aliphatic carbocycles. The molecule has 1 unspecified atom stereocenters. The third-order valence-electron chi connectivity index (χ3n) is 4.50. The summed E-state index contributed by atoms with van der Waals surface area (Å²) in [5, 5.41) is 3.40. The van der Waals surface area contributed by atoms with Gasteiger partial charge in [-0.1, -0.05) is 30.3 Å². The number of guanidine groups is 1. The number of amides is 1. The number of hydrogen-bond acceptors (Lipinski definition) is 4. The number of likely N-dealkylation sites (tertiary alicyclic amines) is 1. The second-order valence-corrected chi connectivity index (χ2v) is 7.93. The Bertz CT molecular complexity index is 595. The molecule has 1 atom stereocenters. The Morgan fingerprint density at radius 2 is 2.15 bits per heavy atom. The molecular formula is C20H32N4O2S. The van der Waals surface area contributed by atoms with Gasteiger partial charge in [0.15, 0.2) is 5.96 Å². The van der Waals surface area contributed by atoms with Gasteiger partial charge in [-0.2, -0.15) is 11.8 Å². The van der Waals surface area contributed by atoms with Gasteiger partial charge in [-0.25, -0.2) is 4.99 Å². The van der Waals surface area contributed by atoms with Gasteiger partial charge in [-0.15, -0.1) is 0 Å². The molecular weight excluding hydrogens is 360 g/mol. The maximum absolute atomic E-state index is 11.9. The van der Waals surface area contributed by atoms with E-state index in [1.165, 1.54) is 5.56 Å². The van der Waals surface area contributed by atoms with Crippen molar-refractivity contribution < 1.29 is 9.53 Å². The molecule has 1 aliphatic rings. The van der Waals surface area contributed by atoms with Gasteiger partial charge in [0.25, 0.3) is 0 Å². The van der Waals surface area contributed by atoms with E-state index in [9.17, 15) is 4.79 Å². The molecule has 2 rings (SSSR count). The largest absolute Gasteiger partial charge is 0.376 e. The highest BCUT2D eigenvalue weighted by Gasteiger charge is 2.25. The van der Waals surface area contributed by atoms with E-state index in [0.717, 1.165) is 44.4 Å². The highest BCUT2D eigenvalue weighted by Crippen LogP contribution is 2.17. The number of likely N-dealkylation sites (N-methyl/N-ethyl adjacent to an activating group) is 1. The fourth-order valence-electron chi connectivity index (χ4n) is 2.90. The molecule has 6 nitrogen and oxygen atoms in total. The number of benzene rings is 1. The normalized spacial score (nSPS) is 17.2. The second-order valence-electron chi connectivity index (χ2n) is 6.95. The molecule has 0 spiro atoms. The van der Waals surface area contributed by atoms with Crippen LogP contribution in [0.2, 0.25) is 0 Å². The van der Waals surface area contributed by atoms with Gasteiger partial charge < -0.3 is 19.9 Å². The molecule has 27 heavy (non-hydrogen) atoms.